The largest absolute Gasteiger partial charge is 0.506 e. The molecule has 3 aromatic rings. The van der Waals surface area contributed by atoms with E-state index in [0.29, 0.717) is 17.4 Å². The first kappa shape index (κ1) is 22.1. The van der Waals surface area contributed by atoms with Gasteiger partial charge in [-0.25, -0.2) is 4.98 Å². The fourth-order valence-electron chi connectivity index (χ4n) is 5.10. The summed E-state index contributed by atoms with van der Waals surface area (Å²) >= 11 is 1.68. The number of aromatic nitrogens is 2. The summed E-state index contributed by atoms with van der Waals surface area (Å²) in [6.45, 7) is 5.84. The van der Waals surface area contributed by atoms with E-state index in [1.807, 2.05) is 0 Å². The number of likely N-dealkylation sites (tertiary alicyclic amines) is 1. The van der Waals surface area contributed by atoms with Crippen LogP contribution in [0.5, 0.6) is 5.75 Å². The summed E-state index contributed by atoms with van der Waals surface area (Å²) in [6.07, 6.45) is 4.58. The number of phenolic OH excluding ortho intramolecular Hbond substituents is 1. The lowest BCUT2D eigenvalue weighted by Gasteiger charge is -2.35. The molecule has 0 spiro atoms. The minimum atomic E-state index is -0.103. The number of nitrogens with zero attached hydrogens (tertiary/aromatic N) is 2. The number of carbonyl (C=O) groups excluding carboxylic acids is 1. The van der Waals surface area contributed by atoms with E-state index in [-0.39, 0.29) is 29.2 Å². The van der Waals surface area contributed by atoms with E-state index >= 15 is 0 Å². The number of aryl methyl sites for hydroxylation is 1. The van der Waals surface area contributed by atoms with Gasteiger partial charge in [0.25, 0.3) is 5.56 Å². The highest BCUT2D eigenvalue weighted by Gasteiger charge is 2.30. The summed E-state index contributed by atoms with van der Waals surface area (Å²) in [7, 11) is 0. The molecule has 1 amide bonds. The van der Waals surface area contributed by atoms with Gasteiger partial charge < -0.3 is 15.4 Å². The van der Waals surface area contributed by atoms with Crippen LogP contribution in [-0.4, -0.2) is 39.0 Å². The first-order valence-electron chi connectivity index (χ1n) is 11.8. The van der Waals surface area contributed by atoms with Gasteiger partial charge in [0.2, 0.25) is 5.91 Å². The van der Waals surface area contributed by atoms with Crippen LogP contribution in [0.2, 0.25) is 0 Å². The maximum absolute atomic E-state index is 13.0. The Balaban J connectivity index is 1.27. The van der Waals surface area contributed by atoms with Crippen molar-refractivity contribution in [1.82, 2.24) is 14.9 Å². The number of fused-ring (bicyclic) bond motifs is 3. The van der Waals surface area contributed by atoms with Crippen molar-refractivity contribution in [3.05, 3.63) is 50.9 Å². The van der Waals surface area contributed by atoms with Gasteiger partial charge in [-0.3, -0.25) is 14.5 Å². The molecule has 8 heteroatoms. The van der Waals surface area contributed by atoms with Crippen LogP contribution in [0.15, 0.2) is 29.1 Å². The second-order valence-corrected chi connectivity index (χ2v) is 10.6. The number of hydrogen-bond acceptors (Lipinski definition) is 6. The molecular weight excluding hydrogens is 436 g/mol. The van der Waals surface area contributed by atoms with Crippen molar-refractivity contribution in [2.45, 2.75) is 52.0 Å². The quantitative estimate of drug-likeness (QED) is 0.500. The predicted octanol–water partition coefficient (Wildman–Crippen LogP) is 4.23. The Hall–Kier alpha value is -2.71. The molecule has 2 atom stereocenters. The van der Waals surface area contributed by atoms with E-state index in [1.165, 1.54) is 10.4 Å². The number of hydrogen-bond donors (Lipinski definition) is 3. The number of rotatable bonds is 4. The van der Waals surface area contributed by atoms with Crippen molar-refractivity contribution < 1.29 is 9.90 Å². The Morgan fingerprint density at radius 3 is 2.79 bits per heavy atom. The highest BCUT2D eigenvalue weighted by Crippen LogP contribution is 2.36. The monoisotopic (exact) mass is 466 g/mol. The average Bonchev–Trinajstić information content (AvgIpc) is 3.18. The molecule has 0 unspecified atom stereocenters. The molecule has 1 aliphatic heterocycles. The Kier molecular flexibility index (Phi) is 5.97. The number of anilines is 1. The number of aromatic hydroxyl groups is 1. The number of nitrogens with one attached hydrogen (secondary N) is 2. The van der Waals surface area contributed by atoms with Crippen molar-refractivity contribution >= 4 is 33.1 Å². The number of phenols is 1. The van der Waals surface area contributed by atoms with Gasteiger partial charge in [0.1, 0.15) is 16.4 Å². The van der Waals surface area contributed by atoms with Gasteiger partial charge in [-0.05, 0) is 75.7 Å². The van der Waals surface area contributed by atoms with Crippen molar-refractivity contribution in [2.75, 3.05) is 18.4 Å². The number of H-pyrrole nitrogens is 1. The summed E-state index contributed by atoms with van der Waals surface area (Å²) < 4.78 is 0. The zero-order valence-electron chi connectivity index (χ0n) is 19.1. The zero-order valence-corrected chi connectivity index (χ0v) is 19.9. The fraction of sp³-hybridized carbons (Fsp3) is 0.480. The maximum Gasteiger partial charge on any atom is 0.259 e. The first-order valence-corrected chi connectivity index (χ1v) is 12.6. The molecule has 7 nitrogen and oxygen atoms in total. The van der Waals surface area contributed by atoms with Crippen LogP contribution >= 0.6 is 11.3 Å². The minimum Gasteiger partial charge on any atom is -0.506 e. The van der Waals surface area contributed by atoms with Gasteiger partial charge in [-0.1, -0.05) is 19.1 Å². The SMILES string of the molecule is C[C@H]1CCc2c(sc3nc([C@H](C)N4CCC(C(=O)Nc5ccccc5O)CC4)[nH]c(=O)c23)C1. The third-order valence-electron chi connectivity index (χ3n) is 7.19. The van der Waals surface area contributed by atoms with E-state index in [9.17, 15) is 14.7 Å². The third kappa shape index (κ3) is 4.29. The summed E-state index contributed by atoms with van der Waals surface area (Å²) in [6, 6.07) is 6.75. The number of thiophene rings is 1. The van der Waals surface area contributed by atoms with Gasteiger partial charge in [-0.15, -0.1) is 11.3 Å². The lowest BCUT2D eigenvalue weighted by Crippen LogP contribution is -2.40. The van der Waals surface area contributed by atoms with Gasteiger partial charge in [0, 0.05) is 10.8 Å². The molecule has 5 rings (SSSR count). The molecule has 0 bridgehead atoms. The molecule has 0 radical (unpaired) electrons. The maximum atomic E-state index is 13.0. The van der Waals surface area contributed by atoms with Gasteiger partial charge in [-0.2, -0.15) is 0 Å². The molecule has 33 heavy (non-hydrogen) atoms. The number of piperidine rings is 1. The highest BCUT2D eigenvalue weighted by molar-refractivity contribution is 7.18. The van der Waals surface area contributed by atoms with E-state index in [0.717, 1.165) is 55.4 Å². The average molecular weight is 467 g/mol. The number of carbonyl (C=O) groups is 1. The zero-order chi connectivity index (χ0) is 23.1. The number of amides is 1. The van der Waals surface area contributed by atoms with E-state index in [1.54, 1.807) is 35.6 Å². The predicted molar refractivity (Wildman–Crippen MR) is 131 cm³/mol. The van der Waals surface area contributed by atoms with Gasteiger partial charge in [0.05, 0.1) is 17.1 Å². The third-order valence-corrected chi connectivity index (χ3v) is 8.34. The number of aromatic amines is 1. The van der Waals surface area contributed by atoms with Crippen LogP contribution in [0, 0.1) is 11.8 Å². The Morgan fingerprint density at radius 2 is 2.03 bits per heavy atom. The molecule has 1 fully saturated rings. The molecule has 2 aromatic heterocycles. The standard InChI is InChI=1S/C25H30N4O3S/c1-14-7-8-17-20(13-14)33-25-21(17)24(32)27-22(28-25)15(2)29-11-9-16(10-12-29)23(31)26-18-5-3-4-6-19(18)30/h3-6,14-16,30H,7-13H2,1-2H3,(H,26,31)(H,27,28,32)/t14-,15-/m0/s1. The number of para-hydroxylation sites is 2. The van der Waals surface area contributed by atoms with Crippen molar-refractivity contribution in [3.63, 3.8) is 0 Å². The van der Waals surface area contributed by atoms with Crippen LogP contribution in [0.3, 0.4) is 0 Å². The molecule has 174 valence electrons. The van der Waals surface area contributed by atoms with Gasteiger partial charge in [0.15, 0.2) is 0 Å². The molecule has 3 heterocycles. The molecule has 1 saturated heterocycles. The van der Waals surface area contributed by atoms with Crippen LogP contribution < -0.4 is 10.9 Å². The van der Waals surface area contributed by atoms with Crippen LogP contribution in [-0.2, 0) is 17.6 Å². The van der Waals surface area contributed by atoms with Gasteiger partial charge >= 0.3 is 0 Å². The lowest BCUT2D eigenvalue weighted by atomic mass is 9.89. The summed E-state index contributed by atoms with van der Waals surface area (Å²) in [5.41, 5.74) is 1.63. The highest BCUT2D eigenvalue weighted by atomic mass is 32.1. The topological polar surface area (TPSA) is 98.3 Å². The molecule has 1 aromatic carbocycles. The second kappa shape index (κ2) is 8.91. The Bertz CT molecular complexity index is 1240. The minimum absolute atomic E-state index is 0.0224. The van der Waals surface area contributed by atoms with Crippen LogP contribution in [0.25, 0.3) is 10.2 Å². The smallest absolute Gasteiger partial charge is 0.259 e. The molecule has 2 aliphatic rings. The van der Waals surface area contributed by atoms with Crippen molar-refractivity contribution in [2.24, 2.45) is 11.8 Å². The molecule has 1 aliphatic carbocycles. The lowest BCUT2D eigenvalue weighted by molar-refractivity contribution is -0.121. The van der Waals surface area contributed by atoms with E-state index in [2.05, 4.69) is 29.0 Å². The van der Waals surface area contributed by atoms with Crippen LogP contribution in [0.4, 0.5) is 5.69 Å². The normalized spacial score (nSPS) is 20.5. The number of benzene rings is 1. The molecule has 3 N–H and O–H groups in total. The first-order chi connectivity index (χ1) is 15.9. The summed E-state index contributed by atoms with van der Waals surface area (Å²) in [4.78, 5) is 38.0. The Morgan fingerprint density at radius 1 is 1.27 bits per heavy atom. The fourth-order valence-corrected chi connectivity index (χ4v) is 6.49. The second-order valence-electron chi connectivity index (χ2n) is 9.48. The summed E-state index contributed by atoms with van der Waals surface area (Å²) in [5.74, 6) is 1.28. The molecular formula is C25H30N4O3S. The van der Waals surface area contributed by atoms with E-state index in [4.69, 9.17) is 4.98 Å². The van der Waals surface area contributed by atoms with Crippen molar-refractivity contribution in [3.8, 4) is 5.75 Å². The molecule has 0 saturated carbocycles. The van der Waals surface area contributed by atoms with Crippen molar-refractivity contribution in [1.29, 1.82) is 0 Å². The summed E-state index contributed by atoms with van der Waals surface area (Å²) in [5, 5.41) is 13.5. The van der Waals surface area contributed by atoms with E-state index < -0.39 is 0 Å². The van der Waals surface area contributed by atoms with Crippen LogP contribution in [0.1, 0.15) is 55.4 Å². The Labute approximate surface area is 196 Å².